The maximum absolute atomic E-state index is 12.1. The predicted molar refractivity (Wildman–Crippen MR) is 90.7 cm³/mol. The van der Waals surface area contributed by atoms with Gasteiger partial charge in [0, 0.05) is 12.1 Å². The van der Waals surface area contributed by atoms with Crippen molar-refractivity contribution in [3.05, 3.63) is 78.6 Å². The number of furan rings is 1. The number of hydrogen-bond acceptors (Lipinski definition) is 4. The largest absolute Gasteiger partial charge is 0.464 e. The Balaban J connectivity index is 1.66. The minimum atomic E-state index is -3.63. The number of sulfonamides is 1. The predicted octanol–water partition coefficient (Wildman–Crippen LogP) is 2.96. The molecule has 1 atom stereocenters. The Kier molecular flexibility index (Phi) is 4.80. The van der Waals surface area contributed by atoms with Gasteiger partial charge in [-0.2, -0.15) is 0 Å². The first-order chi connectivity index (χ1) is 11.6. The molecule has 0 fully saturated rings. The Bertz CT molecular complexity index is 873. The van der Waals surface area contributed by atoms with Crippen molar-refractivity contribution in [1.29, 1.82) is 0 Å². The molecule has 2 aromatic carbocycles. The van der Waals surface area contributed by atoms with Crippen LogP contribution < -0.4 is 4.72 Å². The SMILES string of the molecule is O=S(=O)(NC[C@H](O)c1ccc(-c2ccco2)cc1)c1ccccc1. The molecule has 3 aromatic rings. The van der Waals surface area contributed by atoms with Gasteiger partial charge in [0.05, 0.1) is 17.3 Å². The van der Waals surface area contributed by atoms with E-state index in [0.717, 1.165) is 11.3 Å². The van der Waals surface area contributed by atoms with E-state index in [2.05, 4.69) is 4.72 Å². The zero-order chi connectivity index (χ0) is 17.0. The summed E-state index contributed by atoms with van der Waals surface area (Å²) in [5.74, 6) is 0.737. The highest BCUT2D eigenvalue weighted by molar-refractivity contribution is 7.89. The molecule has 0 saturated heterocycles. The lowest BCUT2D eigenvalue weighted by atomic mass is 10.1. The third kappa shape index (κ3) is 3.73. The minimum Gasteiger partial charge on any atom is -0.464 e. The van der Waals surface area contributed by atoms with Crippen LogP contribution in [0.25, 0.3) is 11.3 Å². The molecule has 0 aliphatic rings. The Morgan fingerprint density at radius 3 is 2.29 bits per heavy atom. The van der Waals surface area contributed by atoms with Gasteiger partial charge in [0.1, 0.15) is 5.76 Å². The van der Waals surface area contributed by atoms with Crippen LogP contribution in [0.3, 0.4) is 0 Å². The fourth-order valence-corrected chi connectivity index (χ4v) is 3.36. The number of nitrogens with one attached hydrogen (secondary N) is 1. The minimum absolute atomic E-state index is 0.0999. The molecule has 1 heterocycles. The van der Waals surface area contributed by atoms with Crippen LogP contribution in [0.1, 0.15) is 11.7 Å². The summed E-state index contributed by atoms with van der Waals surface area (Å²) in [6.45, 7) is -0.0999. The van der Waals surface area contributed by atoms with Crippen LogP contribution in [-0.4, -0.2) is 20.1 Å². The second-order valence-electron chi connectivity index (χ2n) is 5.28. The van der Waals surface area contributed by atoms with Crippen LogP contribution in [0, 0.1) is 0 Å². The quantitative estimate of drug-likeness (QED) is 0.721. The van der Waals surface area contributed by atoms with Gasteiger partial charge in [-0.1, -0.05) is 42.5 Å². The lowest BCUT2D eigenvalue weighted by molar-refractivity contribution is 0.182. The highest BCUT2D eigenvalue weighted by atomic mass is 32.2. The number of aliphatic hydroxyl groups excluding tert-OH is 1. The Morgan fingerprint density at radius 1 is 0.958 bits per heavy atom. The molecule has 0 spiro atoms. The van der Waals surface area contributed by atoms with Crippen molar-refractivity contribution in [3.63, 3.8) is 0 Å². The summed E-state index contributed by atoms with van der Waals surface area (Å²) in [5, 5.41) is 10.2. The van der Waals surface area contributed by atoms with Crippen molar-refractivity contribution in [2.75, 3.05) is 6.54 Å². The molecule has 6 heteroatoms. The van der Waals surface area contributed by atoms with Crippen molar-refractivity contribution >= 4 is 10.0 Å². The van der Waals surface area contributed by atoms with Crippen LogP contribution >= 0.6 is 0 Å². The van der Waals surface area contributed by atoms with Gasteiger partial charge in [-0.05, 0) is 29.8 Å². The first-order valence-corrected chi connectivity index (χ1v) is 8.91. The molecule has 1 aromatic heterocycles. The highest BCUT2D eigenvalue weighted by Crippen LogP contribution is 2.22. The molecule has 0 aliphatic carbocycles. The fourth-order valence-electron chi connectivity index (χ4n) is 2.30. The second kappa shape index (κ2) is 7.00. The highest BCUT2D eigenvalue weighted by Gasteiger charge is 2.16. The number of aliphatic hydroxyl groups is 1. The van der Waals surface area contributed by atoms with Crippen molar-refractivity contribution < 1.29 is 17.9 Å². The fraction of sp³-hybridized carbons (Fsp3) is 0.111. The van der Waals surface area contributed by atoms with Gasteiger partial charge < -0.3 is 9.52 Å². The third-order valence-corrected chi connectivity index (χ3v) is 5.06. The van der Waals surface area contributed by atoms with E-state index in [4.69, 9.17) is 4.42 Å². The molecule has 0 amide bonds. The zero-order valence-corrected chi connectivity index (χ0v) is 13.6. The molecule has 124 valence electrons. The van der Waals surface area contributed by atoms with E-state index in [0.29, 0.717) is 5.56 Å². The maximum Gasteiger partial charge on any atom is 0.240 e. The van der Waals surface area contributed by atoms with Crippen molar-refractivity contribution in [3.8, 4) is 11.3 Å². The number of hydrogen-bond donors (Lipinski definition) is 2. The smallest absolute Gasteiger partial charge is 0.240 e. The summed E-state index contributed by atoms with van der Waals surface area (Å²) in [6.07, 6.45) is 0.658. The van der Waals surface area contributed by atoms with Gasteiger partial charge >= 0.3 is 0 Å². The average molecular weight is 343 g/mol. The van der Waals surface area contributed by atoms with E-state index in [1.807, 2.05) is 18.2 Å². The Morgan fingerprint density at radius 2 is 1.67 bits per heavy atom. The molecule has 0 saturated carbocycles. The first kappa shape index (κ1) is 16.4. The van der Waals surface area contributed by atoms with Crippen molar-refractivity contribution in [1.82, 2.24) is 4.72 Å². The summed E-state index contributed by atoms with van der Waals surface area (Å²) in [7, 11) is -3.63. The monoisotopic (exact) mass is 343 g/mol. The standard InChI is InChI=1S/C18H17NO4S/c20-17(13-19-24(21,22)16-5-2-1-3-6-16)14-8-10-15(11-9-14)18-7-4-12-23-18/h1-12,17,19-20H,13H2/t17-/m0/s1. The molecular formula is C18H17NO4S. The maximum atomic E-state index is 12.1. The van der Waals surface area contributed by atoms with E-state index in [1.165, 1.54) is 12.1 Å². The van der Waals surface area contributed by atoms with Crippen LogP contribution in [0.2, 0.25) is 0 Å². The molecule has 5 nitrogen and oxygen atoms in total. The normalized spacial score (nSPS) is 12.9. The molecule has 0 unspecified atom stereocenters. The third-order valence-electron chi connectivity index (χ3n) is 3.62. The summed E-state index contributed by atoms with van der Waals surface area (Å²) < 4.78 is 32.0. The van der Waals surface area contributed by atoms with E-state index < -0.39 is 16.1 Å². The van der Waals surface area contributed by atoms with Crippen molar-refractivity contribution in [2.45, 2.75) is 11.0 Å². The number of rotatable bonds is 6. The van der Waals surface area contributed by atoms with Gasteiger partial charge in [-0.25, -0.2) is 13.1 Å². The van der Waals surface area contributed by atoms with Gasteiger partial charge in [-0.3, -0.25) is 0 Å². The lowest BCUT2D eigenvalue weighted by Gasteiger charge is -2.13. The van der Waals surface area contributed by atoms with Crippen LogP contribution in [-0.2, 0) is 10.0 Å². The van der Waals surface area contributed by atoms with E-state index in [-0.39, 0.29) is 11.4 Å². The van der Waals surface area contributed by atoms with Crippen LogP contribution in [0.15, 0.2) is 82.3 Å². The molecule has 0 bridgehead atoms. The lowest BCUT2D eigenvalue weighted by Crippen LogP contribution is -2.28. The Labute approximate surface area is 140 Å². The van der Waals surface area contributed by atoms with Gasteiger partial charge in [0.15, 0.2) is 0 Å². The van der Waals surface area contributed by atoms with Crippen LogP contribution in [0.4, 0.5) is 0 Å². The van der Waals surface area contributed by atoms with Crippen LogP contribution in [0.5, 0.6) is 0 Å². The summed E-state index contributed by atoms with van der Waals surface area (Å²) in [5.41, 5.74) is 1.52. The molecule has 0 radical (unpaired) electrons. The zero-order valence-electron chi connectivity index (χ0n) is 12.8. The second-order valence-corrected chi connectivity index (χ2v) is 7.05. The number of benzene rings is 2. The van der Waals surface area contributed by atoms with Gasteiger partial charge in [-0.15, -0.1) is 0 Å². The first-order valence-electron chi connectivity index (χ1n) is 7.43. The van der Waals surface area contributed by atoms with E-state index in [1.54, 1.807) is 42.7 Å². The van der Waals surface area contributed by atoms with E-state index >= 15 is 0 Å². The van der Waals surface area contributed by atoms with Gasteiger partial charge in [0.2, 0.25) is 10.0 Å². The summed E-state index contributed by atoms with van der Waals surface area (Å²) in [4.78, 5) is 0.172. The van der Waals surface area contributed by atoms with Crippen molar-refractivity contribution in [2.24, 2.45) is 0 Å². The molecule has 24 heavy (non-hydrogen) atoms. The summed E-state index contributed by atoms with van der Waals surface area (Å²) >= 11 is 0. The Hall–Kier alpha value is -2.41. The molecule has 0 aliphatic heterocycles. The molecule has 2 N–H and O–H groups in total. The molecular weight excluding hydrogens is 326 g/mol. The van der Waals surface area contributed by atoms with E-state index in [9.17, 15) is 13.5 Å². The van der Waals surface area contributed by atoms with Gasteiger partial charge in [0.25, 0.3) is 0 Å². The summed E-state index contributed by atoms with van der Waals surface area (Å²) in [6, 6.07) is 18.9. The average Bonchev–Trinajstić information content (AvgIpc) is 3.15. The molecule has 3 rings (SSSR count). The topological polar surface area (TPSA) is 79.5 Å².